The minimum Gasteiger partial charge on any atom is -0.481 e. The molecule has 0 atom stereocenters. The van der Waals surface area contributed by atoms with E-state index < -0.39 is 5.82 Å². The molecule has 0 spiro atoms. The van der Waals surface area contributed by atoms with E-state index in [0.29, 0.717) is 10.8 Å². The normalized spacial score (nSPS) is 10.6. The van der Waals surface area contributed by atoms with Crippen molar-refractivity contribution in [1.82, 2.24) is 10.1 Å². The second-order valence-electron chi connectivity index (χ2n) is 4.24. The van der Waals surface area contributed by atoms with Crippen LogP contribution in [0.2, 0.25) is 5.02 Å². The lowest BCUT2D eigenvalue weighted by Gasteiger charge is -2.03. The maximum absolute atomic E-state index is 13.4. The van der Waals surface area contributed by atoms with E-state index in [2.05, 4.69) is 10.1 Å². The van der Waals surface area contributed by atoms with Crippen LogP contribution >= 0.6 is 11.6 Å². The summed E-state index contributed by atoms with van der Waals surface area (Å²) in [6.07, 6.45) is 0. The summed E-state index contributed by atoms with van der Waals surface area (Å²) in [5, 5.41) is 4.48. The molecule has 0 fully saturated rings. The minimum atomic E-state index is -0.435. The first-order valence-corrected chi connectivity index (χ1v) is 6.56. The summed E-state index contributed by atoms with van der Waals surface area (Å²) < 4.78 is 23.8. The van der Waals surface area contributed by atoms with E-state index >= 15 is 0 Å². The number of para-hydroxylation sites is 1. The third kappa shape index (κ3) is 3.20. The molecule has 0 aliphatic carbocycles. The van der Waals surface area contributed by atoms with E-state index in [9.17, 15) is 4.39 Å². The first-order valence-electron chi connectivity index (χ1n) is 6.18. The van der Waals surface area contributed by atoms with Gasteiger partial charge in [0.1, 0.15) is 0 Å². The molecule has 0 amide bonds. The molecule has 1 heterocycles. The summed E-state index contributed by atoms with van der Waals surface area (Å²) >= 11 is 5.82. The van der Waals surface area contributed by atoms with Gasteiger partial charge in [-0.3, -0.25) is 0 Å². The Morgan fingerprint density at radius 3 is 2.62 bits per heavy atom. The predicted octanol–water partition coefficient (Wildman–Crippen LogP) is 4.11. The van der Waals surface area contributed by atoms with Gasteiger partial charge < -0.3 is 9.26 Å². The average molecular weight is 305 g/mol. The first-order chi connectivity index (χ1) is 10.2. The Balaban J connectivity index is 1.71. The van der Waals surface area contributed by atoms with Crippen LogP contribution in [0.25, 0.3) is 11.4 Å². The van der Waals surface area contributed by atoms with Crippen molar-refractivity contribution in [2.45, 2.75) is 6.61 Å². The van der Waals surface area contributed by atoms with Crippen molar-refractivity contribution in [3.05, 3.63) is 65.3 Å². The standard InChI is InChI=1S/C15H10ClFN2O2/c16-11-7-5-10(6-8-11)15-18-14(21-19-15)9-20-13-4-2-1-3-12(13)17/h1-8H,9H2. The molecule has 3 rings (SSSR count). The Hall–Kier alpha value is -2.40. The highest BCUT2D eigenvalue weighted by Crippen LogP contribution is 2.20. The lowest BCUT2D eigenvalue weighted by atomic mass is 10.2. The monoisotopic (exact) mass is 304 g/mol. The smallest absolute Gasteiger partial charge is 0.264 e. The molecule has 106 valence electrons. The van der Waals surface area contributed by atoms with E-state index in [-0.39, 0.29) is 18.2 Å². The Morgan fingerprint density at radius 1 is 1.10 bits per heavy atom. The van der Waals surface area contributed by atoms with Crippen molar-refractivity contribution in [3.8, 4) is 17.1 Å². The maximum Gasteiger partial charge on any atom is 0.264 e. The van der Waals surface area contributed by atoms with Crippen molar-refractivity contribution in [2.24, 2.45) is 0 Å². The maximum atomic E-state index is 13.4. The molecule has 4 nitrogen and oxygen atoms in total. The van der Waals surface area contributed by atoms with Crippen LogP contribution in [0.15, 0.2) is 53.1 Å². The number of hydrogen-bond donors (Lipinski definition) is 0. The Morgan fingerprint density at radius 2 is 1.86 bits per heavy atom. The van der Waals surface area contributed by atoms with Crippen LogP contribution in [0.5, 0.6) is 5.75 Å². The molecule has 1 aromatic heterocycles. The number of ether oxygens (including phenoxy) is 1. The number of halogens is 2. The van der Waals surface area contributed by atoms with Crippen molar-refractivity contribution >= 4 is 11.6 Å². The Bertz CT molecular complexity index is 743. The predicted molar refractivity (Wildman–Crippen MR) is 75.5 cm³/mol. The van der Waals surface area contributed by atoms with Gasteiger partial charge in [0.15, 0.2) is 18.2 Å². The summed E-state index contributed by atoms with van der Waals surface area (Å²) in [7, 11) is 0. The van der Waals surface area contributed by atoms with Crippen LogP contribution in [0.3, 0.4) is 0 Å². The molecule has 6 heteroatoms. The van der Waals surface area contributed by atoms with Crippen LogP contribution in [0.1, 0.15) is 5.89 Å². The van der Waals surface area contributed by atoms with E-state index in [1.54, 1.807) is 36.4 Å². The molecular weight excluding hydrogens is 295 g/mol. The van der Waals surface area contributed by atoms with Gasteiger partial charge in [-0.05, 0) is 36.4 Å². The van der Waals surface area contributed by atoms with Gasteiger partial charge in [0, 0.05) is 10.6 Å². The Kier molecular flexibility index (Phi) is 3.83. The van der Waals surface area contributed by atoms with Crippen LogP contribution in [-0.2, 0) is 6.61 Å². The number of rotatable bonds is 4. The molecule has 0 unspecified atom stereocenters. The van der Waals surface area contributed by atoms with Crippen LogP contribution in [0.4, 0.5) is 4.39 Å². The van der Waals surface area contributed by atoms with Gasteiger partial charge in [-0.2, -0.15) is 4.98 Å². The van der Waals surface area contributed by atoms with Crippen molar-refractivity contribution < 1.29 is 13.7 Å². The van der Waals surface area contributed by atoms with Crippen molar-refractivity contribution in [1.29, 1.82) is 0 Å². The van der Waals surface area contributed by atoms with Crippen LogP contribution in [0, 0.1) is 5.82 Å². The average Bonchev–Trinajstić information content (AvgIpc) is 2.96. The van der Waals surface area contributed by atoms with Gasteiger partial charge in [-0.15, -0.1) is 0 Å². The molecule has 0 saturated heterocycles. The number of hydrogen-bond acceptors (Lipinski definition) is 4. The molecule has 21 heavy (non-hydrogen) atoms. The van der Waals surface area contributed by atoms with Gasteiger partial charge in [0.2, 0.25) is 5.82 Å². The summed E-state index contributed by atoms with van der Waals surface area (Å²) in [6.45, 7) is 0.00151. The zero-order valence-corrected chi connectivity index (χ0v) is 11.5. The molecule has 3 aromatic rings. The molecule has 0 N–H and O–H groups in total. The lowest BCUT2D eigenvalue weighted by Crippen LogP contribution is -1.97. The van der Waals surface area contributed by atoms with Gasteiger partial charge in [0.05, 0.1) is 0 Å². The van der Waals surface area contributed by atoms with E-state index in [0.717, 1.165) is 5.56 Å². The van der Waals surface area contributed by atoms with E-state index in [4.69, 9.17) is 20.9 Å². The zero-order chi connectivity index (χ0) is 14.7. The molecule has 0 saturated carbocycles. The Labute approximate surface area is 125 Å². The third-order valence-electron chi connectivity index (χ3n) is 2.76. The van der Waals surface area contributed by atoms with Crippen molar-refractivity contribution in [3.63, 3.8) is 0 Å². The second kappa shape index (κ2) is 5.93. The van der Waals surface area contributed by atoms with Crippen LogP contribution in [-0.4, -0.2) is 10.1 Å². The fourth-order valence-corrected chi connectivity index (χ4v) is 1.86. The number of benzene rings is 2. The minimum absolute atomic E-state index is 0.00151. The molecule has 0 aliphatic rings. The molecule has 0 bridgehead atoms. The fourth-order valence-electron chi connectivity index (χ4n) is 1.73. The first kappa shape index (κ1) is 13.6. The topological polar surface area (TPSA) is 48.2 Å². The van der Waals surface area contributed by atoms with Gasteiger partial charge in [0.25, 0.3) is 5.89 Å². The zero-order valence-electron chi connectivity index (χ0n) is 10.8. The highest BCUT2D eigenvalue weighted by molar-refractivity contribution is 6.30. The largest absolute Gasteiger partial charge is 0.481 e. The quantitative estimate of drug-likeness (QED) is 0.728. The molecule has 0 aliphatic heterocycles. The number of nitrogens with zero attached hydrogens (tertiary/aromatic N) is 2. The van der Waals surface area contributed by atoms with Gasteiger partial charge in [-0.25, -0.2) is 4.39 Å². The summed E-state index contributed by atoms with van der Waals surface area (Å²) in [4.78, 5) is 4.19. The second-order valence-corrected chi connectivity index (χ2v) is 4.67. The highest BCUT2D eigenvalue weighted by atomic mass is 35.5. The molecule has 2 aromatic carbocycles. The SMILES string of the molecule is Fc1ccccc1OCc1nc(-c2ccc(Cl)cc2)no1. The van der Waals surface area contributed by atoms with Crippen molar-refractivity contribution in [2.75, 3.05) is 0 Å². The summed E-state index contributed by atoms with van der Waals surface area (Å²) in [5.74, 6) is 0.403. The van der Waals surface area contributed by atoms with Crippen LogP contribution < -0.4 is 4.74 Å². The lowest BCUT2D eigenvalue weighted by molar-refractivity contribution is 0.234. The highest BCUT2D eigenvalue weighted by Gasteiger charge is 2.10. The third-order valence-corrected chi connectivity index (χ3v) is 3.01. The fraction of sp³-hybridized carbons (Fsp3) is 0.0667. The van der Waals surface area contributed by atoms with E-state index in [1.165, 1.54) is 12.1 Å². The number of aromatic nitrogens is 2. The molecule has 0 radical (unpaired) electrons. The summed E-state index contributed by atoms with van der Waals surface area (Å²) in [5.41, 5.74) is 0.778. The summed E-state index contributed by atoms with van der Waals surface area (Å²) in [6, 6.07) is 13.2. The van der Waals surface area contributed by atoms with Gasteiger partial charge in [-0.1, -0.05) is 28.9 Å². The molecular formula is C15H10ClFN2O2. The van der Waals surface area contributed by atoms with Gasteiger partial charge >= 0.3 is 0 Å². The van der Waals surface area contributed by atoms with E-state index in [1.807, 2.05) is 0 Å².